The molecule has 4 heteroatoms. The van der Waals surface area contributed by atoms with E-state index < -0.39 is 5.97 Å². The highest BCUT2D eigenvalue weighted by Gasteiger charge is 2.11. The molecule has 1 heterocycles. The van der Waals surface area contributed by atoms with Gasteiger partial charge >= 0.3 is 5.97 Å². The molecule has 0 aliphatic rings. The average Bonchev–Trinajstić information content (AvgIpc) is 2.59. The summed E-state index contributed by atoms with van der Waals surface area (Å²) in [4.78, 5) is 14.8. The van der Waals surface area contributed by atoms with E-state index in [9.17, 15) is 4.79 Å². The van der Waals surface area contributed by atoms with Crippen LogP contribution in [0.15, 0.2) is 18.2 Å². The van der Waals surface area contributed by atoms with Crippen LogP contribution < -0.4 is 0 Å². The van der Waals surface area contributed by atoms with Crippen LogP contribution in [-0.4, -0.2) is 16.1 Å². The fraction of sp³-hybridized carbons (Fsp3) is 0.273. The van der Waals surface area contributed by atoms with Gasteiger partial charge in [0, 0.05) is 0 Å². The van der Waals surface area contributed by atoms with Gasteiger partial charge in [0.15, 0.2) is 0 Å². The average molecular weight is 221 g/mol. The minimum Gasteiger partial charge on any atom is -0.476 e. The lowest BCUT2D eigenvalue weighted by Crippen LogP contribution is -1.93. The highest BCUT2D eigenvalue weighted by molar-refractivity contribution is 7.20. The second-order valence-electron chi connectivity index (χ2n) is 3.71. The predicted molar refractivity (Wildman–Crippen MR) is 60.7 cm³/mol. The number of carboxylic acid groups (broad SMARTS) is 1. The summed E-state index contributed by atoms with van der Waals surface area (Å²) in [5, 5.41) is 8.97. The number of aromatic nitrogens is 1. The number of hydrogen-bond donors (Lipinski definition) is 1. The highest BCUT2D eigenvalue weighted by atomic mass is 32.1. The second kappa shape index (κ2) is 3.62. The molecule has 3 nitrogen and oxygen atoms in total. The molecule has 1 aromatic heterocycles. The summed E-state index contributed by atoms with van der Waals surface area (Å²) in [6.45, 7) is 4.22. The van der Waals surface area contributed by atoms with Gasteiger partial charge in [-0.1, -0.05) is 19.9 Å². The monoisotopic (exact) mass is 221 g/mol. The molecular weight excluding hydrogens is 210 g/mol. The Kier molecular flexibility index (Phi) is 2.44. The van der Waals surface area contributed by atoms with Crippen molar-refractivity contribution in [3.8, 4) is 0 Å². The maximum atomic E-state index is 10.7. The molecule has 1 aromatic carbocycles. The van der Waals surface area contributed by atoms with E-state index in [-0.39, 0.29) is 5.01 Å². The zero-order valence-corrected chi connectivity index (χ0v) is 9.34. The minimum absolute atomic E-state index is 0.158. The molecule has 0 fully saturated rings. The molecule has 0 amide bonds. The third kappa shape index (κ3) is 1.85. The normalized spacial score (nSPS) is 11.1. The Bertz CT molecular complexity index is 516. The van der Waals surface area contributed by atoms with Crippen molar-refractivity contribution < 1.29 is 9.90 Å². The molecule has 0 spiro atoms. The number of benzene rings is 1. The van der Waals surface area contributed by atoms with Gasteiger partial charge in [0.25, 0.3) is 0 Å². The van der Waals surface area contributed by atoms with Crippen LogP contribution in [0.5, 0.6) is 0 Å². The lowest BCUT2D eigenvalue weighted by molar-refractivity contribution is 0.0696. The van der Waals surface area contributed by atoms with Crippen LogP contribution in [0, 0.1) is 0 Å². The van der Waals surface area contributed by atoms with E-state index in [0.29, 0.717) is 5.92 Å². The van der Waals surface area contributed by atoms with Gasteiger partial charge in [0.2, 0.25) is 5.01 Å². The summed E-state index contributed by atoms with van der Waals surface area (Å²) in [6.07, 6.45) is 0. The van der Waals surface area contributed by atoms with Gasteiger partial charge < -0.3 is 5.11 Å². The third-order valence-corrected chi connectivity index (χ3v) is 3.27. The van der Waals surface area contributed by atoms with E-state index in [4.69, 9.17) is 5.11 Å². The van der Waals surface area contributed by atoms with Gasteiger partial charge in [-0.3, -0.25) is 0 Å². The molecule has 0 saturated heterocycles. The van der Waals surface area contributed by atoms with Gasteiger partial charge in [-0.2, -0.15) is 0 Å². The standard InChI is InChI=1S/C11H11NO2S/c1-6(2)7-3-4-8-9(5-7)15-10(12-8)11(13)14/h3-6H,1-2H3,(H,13,14). The predicted octanol–water partition coefficient (Wildman–Crippen LogP) is 3.12. The number of rotatable bonds is 2. The topological polar surface area (TPSA) is 50.2 Å². The van der Waals surface area contributed by atoms with Crippen molar-refractivity contribution >= 4 is 27.5 Å². The molecule has 1 N–H and O–H groups in total. The maximum Gasteiger partial charge on any atom is 0.365 e. The van der Waals surface area contributed by atoms with Crippen molar-refractivity contribution in [1.29, 1.82) is 0 Å². The SMILES string of the molecule is CC(C)c1ccc2nc(C(=O)O)sc2c1. The molecule has 15 heavy (non-hydrogen) atoms. The maximum absolute atomic E-state index is 10.7. The number of carboxylic acids is 1. The number of thiazole rings is 1. The van der Waals surface area contributed by atoms with Crippen molar-refractivity contribution in [3.63, 3.8) is 0 Å². The molecule has 2 rings (SSSR count). The molecule has 2 aromatic rings. The van der Waals surface area contributed by atoms with Crippen molar-refractivity contribution in [2.75, 3.05) is 0 Å². The minimum atomic E-state index is -0.956. The van der Waals surface area contributed by atoms with E-state index >= 15 is 0 Å². The fourth-order valence-corrected chi connectivity index (χ4v) is 2.24. The van der Waals surface area contributed by atoms with Crippen molar-refractivity contribution in [1.82, 2.24) is 4.98 Å². The first kappa shape index (κ1) is 10.1. The zero-order valence-electron chi connectivity index (χ0n) is 8.52. The number of aromatic carboxylic acids is 1. The Morgan fingerprint density at radius 2 is 2.20 bits per heavy atom. The molecule has 0 atom stereocenters. The first-order chi connectivity index (χ1) is 7.08. The Balaban J connectivity index is 2.57. The van der Waals surface area contributed by atoms with Gasteiger partial charge in [-0.25, -0.2) is 9.78 Å². The first-order valence-electron chi connectivity index (χ1n) is 4.71. The number of hydrogen-bond acceptors (Lipinski definition) is 3. The van der Waals surface area contributed by atoms with Crippen molar-refractivity contribution in [2.45, 2.75) is 19.8 Å². The molecule has 0 aliphatic carbocycles. The highest BCUT2D eigenvalue weighted by Crippen LogP contribution is 2.26. The van der Waals surface area contributed by atoms with Gasteiger partial charge in [0.05, 0.1) is 10.2 Å². The third-order valence-electron chi connectivity index (χ3n) is 2.26. The first-order valence-corrected chi connectivity index (χ1v) is 5.53. The van der Waals surface area contributed by atoms with E-state index in [1.807, 2.05) is 18.2 Å². The van der Waals surface area contributed by atoms with Crippen molar-refractivity contribution in [2.24, 2.45) is 0 Å². The molecule has 0 aliphatic heterocycles. The summed E-state index contributed by atoms with van der Waals surface area (Å²) in [7, 11) is 0. The van der Waals surface area contributed by atoms with E-state index in [1.165, 1.54) is 16.9 Å². The van der Waals surface area contributed by atoms with Crippen LogP contribution in [0.2, 0.25) is 0 Å². The summed E-state index contributed by atoms with van der Waals surface area (Å²) >= 11 is 1.23. The fourth-order valence-electron chi connectivity index (χ4n) is 1.39. The molecular formula is C11H11NO2S. The largest absolute Gasteiger partial charge is 0.476 e. The van der Waals surface area contributed by atoms with E-state index in [0.717, 1.165) is 10.2 Å². The van der Waals surface area contributed by atoms with Gasteiger partial charge in [-0.05, 0) is 23.6 Å². The quantitative estimate of drug-likeness (QED) is 0.847. The smallest absolute Gasteiger partial charge is 0.365 e. The molecule has 0 radical (unpaired) electrons. The van der Waals surface area contributed by atoms with E-state index in [2.05, 4.69) is 18.8 Å². The molecule has 0 bridgehead atoms. The van der Waals surface area contributed by atoms with E-state index in [1.54, 1.807) is 0 Å². The van der Waals surface area contributed by atoms with Gasteiger partial charge in [-0.15, -0.1) is 11.3 Å². The lowest BCUT2D eigenvalue weighted by atomic mass is 10.0. The Hall–Kier alpha value is -1.42. The molecule has 0 saturated carbocycles. The van der Waals surface area contributed by atoms with Crippen LogP contribution in [0.1, 0.15) is 35.1 Å². The Morgan fingerprint density at radius 1 is 1.47 bits per heavy atom. The summed E-state index contributed by atoms with van der Waals surface area (Å²) < 4.78 is 0.943. The van der Waals surface area contributed by atoms with Gasteiger partial charge in [0.1, 0.15) is 0 Å². The van der Waals surface area contributed by atoms with Crippen LogP contribution in [0.25, 0.3) is 10.2 Å². The second-order valence-corrected chi connectivity index (χ2v) is 4.74. The number of fused-ring (bicyclic) bond motifs is 1. The van der Waals surface area contributed by atoms with Crippen LogP contribution in [0.3, 0.4) is 0 Å². The summed E-state index contributed by atoms with van der Waals surface area (Å²) in [5.74, 6) is -0.507. The van der Waals surface area contributed by atoms with Crippen molar-refractivity contribution in [3.05, 3.63) is 28.8 Å². The molecule has 78 valence electrons. The van der Waals surface area contributed by atoms with Crippen LogP contribution in [0.4, 0.5) is 0 Å². The Labute approximate surface area is 91.4 Å². The lowest BCUT2D eigenvalue weighted by Gasteiger charge is -2.03. The van der Waals surface area contributed by atoms with Crippen LogP contribution in [-0.2, 0) is 0 Å². The Morgan fingerprint density at radius 3 is 2.80 bits per heavy atom. The number of nitrogens with zero attached hydrogens (tertiary/aromatic N) is 1. The zero-order chi connectivity index (χ0) is 11.0. The number of carbonyl (C=O) groups is 1. The summed E-state index contributed by atoms with van der Waals surface area (Å²) in [5.41, 5.74) is 1.98. The molecule has 0 unspecified atom stereocenters. The summed E-state index contributed by atoms with van der Waals surface area (Å²) in [6, 6.07) is 5.90. The van der Waals surface area contributed by atoms with Crippen LogP contribution >= 0.6 is 11.3 Å².